The molecule has 0 aliphatic rings. The van der Waals surface area contributed by atoms with Gasteiger partial charge >= 0.3 is 0 Å². The molecule has 14 heavy (non-hydrogen) atoms. The van der Waals surface area contributed by atoms with Crippen LogP contribution in [0.5, 0.6) is 0 Å². The van der Waals surface area contributed by atoms with Gasteiger partial charge in [-0.15, -0.1) is 11.3 Å². The van der Waals surface area contributed by atoms with E-state index in [2.05, 4.69) is 10.3 Å². The number of nitrogens with zero attached hydrogens (tertiary/aromatic N) is 1. The Morgan fingerprint density at radius 3 is 2.93 bits per heavy atom. The first-order chi connectivity index (χ1) is 6.86. The highest BCUT2D eigenvalue weighted by Crippen LogP contribution is 2.21. The van der Waals surface area contributed by atoms with Crippen LogP contribution in [0.25, 0.3) is 0 Å². The molecule has 1 heterocycles. The normalized spacial score (nSPS) is 10.1. The van der Waals surface area contributed by atoms with Gasteiger partial charge in [-0.25, -0.2) is 4.98 Å². The first-order valence-electron chi connectivity index (χ1n) is 4.23. The minimum atomic E-state index is 0.724. The van der Waals surface area contributed by atoms with Gasteiger partial charge in [0.05, 0.1) is 17.3 Å². The van der Waals surface area contributed by atoms with Gasteiger partial charge in [-0.1, -0.05) is 23.7 Å². The fourth-order valence-corrected chi connectivity index (χ4v) is 1.87. The number of hydrogen-bond acceptors (Lipinski definition) is 3. The number of nitrogens with one attached hydrogen (secondary N) is 1. The molecule has 0 saturated heterocycles. The van der Waals surface area contributed by atoms with E-state index in [1.54, 1.807) is 17.5 Å². The van der Waals surface area contributed by atoms with Crippen molar-refractivity contribution in [1.82, 2.24) is 4.98 Å². The van der Waals surface area contributed by atoms with Gasteiger partial charge in [0.1, 0.15) is 5.01 Å². The van der Waals surface area contributed by atoms with E-state index in [-0.39, 0.29) is 0 Å². The first kappa shape index (κ1) is 9.49. The zero-order valence-electron chi connectivity index (χ0n) is 7.40. The third-order valence-corrected chi connectivity index (χ3v) is 2.90. The van der Waals surface area contributed by atoms with Gasteiger partial charge in [0.2, 0.25) is 0 Å². The SMILES string of the molecule is Clc1ccccc1NCc1nccs1. The van der Waals surface area contributed by atoms with E-state index in [0.717, 1.165) is 22.3 Å². The highest BCUT2D eigenvalue weighted by atomic mass is 35.5. The summed E-state index contributed by atoms with van der Waals surface area (Å²) in [4.78, 5) is 4.17. The number of hydrogen-bond donors (Lipinski definition) is 1. The maximum absolute atomic E-state index is 5.98. The Balaban J connectivity index is 2.02. The summed E-state index contributed by atoms with van der Waals surface area (Å²) in [7, 11) is 0. The lowest BCUT2D eigenvalue weighted by molar-refractivity contribution is 1.10. The molecule has 0 fully saturated rings. The van der Waals surface area contributed by atoms with Crippen LogP contribution in [0.2, 0.25) is 5.02 Å². The van der Waals surface area contributed by atoms with Crippen molar-refractivity contribution in [2.45, 2.75) is 6.54 Å². The van der Waals surface area contributed by atoms with Crippen LogP contribution in [0.15, 0.2) is 35.8 Å². The van der Waals surface area contributed by atoms with Crippen molar-refractivity contribution in [3.05, 3.63) is 45.9 Å². The number of para-hydroxylation sites is 1. The van der Waals surface area contributed by atoms with Gasteiger partial charge in [-0.05, 0) is 12.1 Å². The van der Waals surface area contributed by atoms with Crippen molar-refractivity contribution < 1.29 is 0 Å². The second-order valence-electron chi connectivity index (χ2n) is 2.76. The van der Waals surface area contributed by atoms with Gasteiger partial charge in [-0.2, -0.15) is 0 Å². The molecule has 72 valence electrons. The van der Waals surface area contributed by atoms with Gasteiger partial charge < -0.3 is 5.32 Å². The van der Waals surface area contributed by atoms with Crippen LogP contribution < -0.4 is 5.32 Å². The summed E-state index contributed by atoms with van der Waals surface area (Å²) in [5, 5.41) is 6.99. The average Bonchev–Trinajstić information content (AvgIpc) is 2.69. The first-order valence-corrected chi connectivity index (χ1v) is 5.49. The zero-order valence-corrected chi connectivity index (χ0v) is 8.98. The van der Waals surface area contributed by atoms with Crippen LogP contribution in [0.3, 0.4) is 0 Å². The predicted molar refractivity (Wildman–Crippen MR) is 60.9 cm³/mol. The molecule has 0 radical (unpaired) electrons. The third-order valence-electron chi connectivity index (χ3n) is 1.79. The Morgan fingerprint density at radius 1 is 1.36 bits per heavy atom. The lowest BCUT2D eigenvalue weighted by atomic mass is 10.3. The second-order valence-corrected chi connectivity index (χ2v) is 4.15. The number of rotatable bonds is 3. The molecule has 1 aromatic carbocycles. The molecule has 2 aromatic rings. The van der Waals surface area contributed by atoms with Crippen LogP contribution in [0, 0.1) is 0 Å². The van der Waals surface area contributed by atoms with E-state index in [9.17, 15) is 0 Å². The molecule has 0 aliphatic heterocycles. The standard InChI is InChI=1S/C10H9ClN2S/c11-8-3-1-2-4-9(8)13-7-10-12-5-6-14-10/h1-6,13H,7H2. The molecule has 0 bridgehead atoms. The van der Waals surface area contributed by atoms with Crippen LogP contribution >= 0.6 is 22.9 Å². The summed E-state index contributed by atoms with van der Waals surface area (Å²) >= 11 is 7.62. The Labute approximate surface area is 91.6 Å². The Hall–Kier alpha value is -1.06. The van der Waals surface area contributed by atoms with Crippen molar-refractivity contribution >= 4 is 28.6 Å². The zero-order chi connectivity index (χ0) is 9.80. The Bertz CT molecular complexity index is 400. The summed E-state index contributed by atoms with van der Waals surface area (Å²) in [6.07, 6.45) is 1.80. The lowest BCUT2D eigenvalue weighted by Crippen LogP contribution is -1.98. The van der Waals surface area contributed by atoms with E-state index >= 15 is 0 Å². The smallest absolute Gasteiger partial charge is 0.112 e. The van der Waals surface area contributed by atoms with E-state index in [0.29, 0.717) is 0 Å². The van der Waals surface area contributed by atoms with Gasteiger partial charge in [0.25, 0.3) is 0 Å². The molecule has 0 unspecified atom stereocenters. The number of halogens is 1. The van der Waals surface area contributed by atoms with E-state index in [1.807, 2.05) is 29.6 Å². The molecule has 2 rings (SSSR count). The van der Waals surface area contributed by atoms with Crippen molar-refractivity contribution in [2.75, 3.05) is 5.32 Å². The molecule has 2 nitrogen and oxygen atoms in total. The fourth-order valence-electron chi connectivity index (χ4n) is 1.12. The van der Waals surface area contributed by atoms with E-state index < -0.39 is 0 Å². The number of benzene rings is 1. The van der Waals surface area contributed by atoms with Gasteiger partial charge in [0, 0.05) is 11.6 Å². The molecule has 0 aliphatic carbocycles. The lowest BCUT2D eigenvalue weighted by Gasteiger charge is -2.05. The number of anilines is 1. The Morgan fingerprint density at radius 2 is 2.21 bits per heavy atom. The topological polar surface area (TPSA) is 24.9 Å². The molecule has 1 N–H and O–H groups in total. The number of thiazole rings is 1. The molecule has 4 heteroatoms. The molecular weight excluding hydrogens is 216 g/mol. The summed E-state index contributed by atoms with van der Waals surface area (Å²) in [6.45, 7) is 0.724. The highest BCUT2D eigenvalue weighted by Gasteiger charge is 1.98. The molecule has 0 saturated carbocycles. The van der Waals surface area contributed by atoms with Crippen LogP contribution in [-0.4, -0.2) is 4.98 Å². The molecule has 0 spiro atoms. The summed E-state index contributed by atoms with van der Waals surface area (Å²) in [5.74, 6) is 0. The summed E-state index contributed by atoms with van der Waals surface area (Å²) in [6, 6.07) is 7.69. The Kier molecular flexibility index (Phi) is 3.01. The quantitative estimate of drug-likeness (QED) is 0.865. The van der Waals surface area contributed by atoms with Crippen LogP contribution in [0.4, 0.5) is 5.69 Å². The average molecular weight is 225 g/mol. The molecule has 0 amide bonds. The van der Waals surface area contributed by atoms with Crippen molar-refractivity contribution in [3.8, 4) is 0 Å². The van der Waals surface area contributed by atoms with E-state index in [4.69, 9.17) is 11.6 Å². The minimum absolute atomic E-state index is 0.724. The largest absolute Gasteiger partial charge is 0.377 e. The summed E-state index contributed by atoms with van der Waals surface area (Å²) < 4.78 is 0. The molecular formula is C10H9ClN2S. The van der Waals surface area contributed by atoms with Crippen molar-refractivity contribution in [2.24, 2.45) is 0 Å². The minimum Gasteiger partial charge on any atom is -0.377 e. The van der Waals surface area contributed by atoms with Gasteiger partial charge in [-0.3, -0.25) is 0 Å². The third kappa shape index (κ3) is 2.25. The molecule has 0 atom stereocenters. The fraction of sp³-hybridized carbons (Fsp3) is 0.100. The molecule has 1 aromatic heterocycles. The van der Waals surface area contributed by atoms with E-state index in [1.165, 1.54) is 0 Å². The van der Waals surface area contributed by atoms with Crippen molar-refractivity contribution in [3.63, 3.8) is 0 Å². The second kappa shape index (κ2) is 4.44. The maximum Gasteiger partial charge on any atom is 0.112 e. The summed E-state index contributed by atoms with van der Waals surface area (Å²) in [5.41, 5.74) is 0.948. The maximum atomic E-state index is 5.98. The monoisotopic (exact) mass is 224 g/mol. The highest BCUT2D eigenvalue weighted by molar-refractivity contribution is 7.09. The number of aromatic nitrogens is 1. The van der Waals surface area contributed by atoms with Crippen LogP contribution in [-0.2, 0) is 6.54 Å². The predicted octanol–water partition coefficient (Wildman–Crippen LogP) is 3.41. The van der Waals surface area contributed by atoms with Crippen molar-refractivity contribution in [1.29, 1.82) is 0 Å². The van der Waals surface area contributed by atoms with Gasteiger partial charge in [0.15, 0.2) is 0 Å². The van der Waals surface area contributed by atoms with Crippen LogP contribution in [0.1, 0.15) is 5.01 Å².